The lowest BCUT2D eigenvalue weighted by Gasteiger charge is -2.04. The van der Waals surface area contributed by atoms with Crippen LogP contribution in [0.5, 0.6) is 5.88 Å². The molecule has 1 aromatic heterocycles. The van der Waals surface area contributed by atoms with Crippen molar-refractivity contribution < 1.29 is 4.74 Å². The van der Waals surface area contributed by atoms with Crippen LogP contribution in [0.15, 0.2) is 23.9 Å². The molecule has 0 aliphatic carbocycles. The highest BCUT2D eigenvalue weighted by Gasteiger charge is 1.99. The molecule has 0 atom stereocenters. The molecule has 1 aromatic rings. The van der Waals surface area contributed by atoms with E-state index in [-0.39, 0.29) is 0 Å². The van der Waals surface area contributed by atoms with Crippen molar-refractivity contribution in [3.8, 4) is 5.88 Å². The van der Waals surface area contributed by atoms with Gasteiger partial charge in [0, 0.05) is 12.3 Å². The second kappa shape index (κ2) is 4.80. The lowest BCUT2D eigenvalue weighted by atomic mass is 10.1. The number of aromatic nitrogens is 1. The van der Waals surface area contributed by atoms with E-state index in [1.54, 1.807) is 7.11 Å². The Kier molecular flexibility index (Phi) is 3.69. The molecule has 0 N–H and O–H groups in total. The first-order valence-corrected chi connectivity index (χ1v) is 4.76. The smallest absolute Gasteiger partial charge is 0.213 e. The number of methoxy groups -OCH3 is 1. The highest BCUT2D eigenvalue weighted by molar-refractivity contribution is 5.29. The zero-order valence-electron chi connectivity index (χ0n) is 9.29. The Balaban J connectivity index is 2.84. The SMILES string of the molecule is COc1cc(C)c(CC=C(C)C)cn1. The maximum absolute atomic E-state index is 5.05. The van der Waals surface area contributed by atoms with Crippen LogP contribution in [0.1, 0.15) is 25.0 Å². The number of aryl methyl sites for hydroxylation is 1. The summed E-state index contributed by atoms with van der Waals surface area (Å²) < 4.78 is 5.05. The number of rotatable bonds is 3. The first-order chi connectivity index (χ1) is 6.63. The van der Waals surface area contributed by atoms with Gasteiger partial charge in [-0.05, 0) is 38.3 Å². The highest BCUT2D eigenvalue weighted by atomic mass is 16.5. The Morgan fingerprint density at radius 2 is 2.21 bits per heavy atom. The molecular weight excluding hydrogens is 174 g/mol. The quantitative estimate of drug-likeness (QED) is 0.685. The van der Waals surface area contributed by atoms with Gasteiger partial charge in [0.2, 0.25) is 5.88 Å². The van der Waals surface area contributed by atoms with Gasteiger partial charge in [-0.15, -0.1) is 0 Å². The molecule has 14 heavy (non-hydrogen) atoms. The highest BCUT2D eigenvalue weighted by Crippen LogP contribution is 2.14. The van der Waals surface area contributed by atoms with E-state index in [2.05, 4.69) is 31.8 Å². The van der Waals surface area contributed by atoms with Gasteiger partial charge in [0.15, 0.2) is 0 Å². The molecule has 0 aromatic carbocycles. The van der Waals surface area contributed by atoms with Crippen LogP contribution in [-0.2, 0) is 6.42 Å². The fourth-order valence-corrected chi connectivity index (χ4v) is 1.20. The van der Waals surface area contributed by atoms with Crippen LogP contribution < -0.4 is 4.74 Å². The van der Waals surface area contributed by atoms with E-state index in [0.29, 0.717) is 5.88 Å². The van der Waals surface area contributed by atoms with Gasteiger partial charge in [-0.25, -0.2) is 4.98 Å². The van der Waals surface area contributed by atoms with Crippen molar-refractivity contribution in [2.45, 2.75) is 27.2 Å². The van der Waals surface area contributed by atoms with E-state index in [1.165, 1.54) is 16.7 Å². The Morgan fingerprint density at radius 3 is 2.71 bits per heavy atom. The van der Waals surface area contributed by atoms with Gasteiger partial charge in [-0.1, -0.05) is 11.6 Å². The summed E-state index contributed by atoms with van der Waals surface area (Å²) in [6.45, 7) is 6.29. The summed E-state index contributed by atoms with van der Waals surface area (Å²) in [7, 11) is 1.64. The molecule has 0 amide bonds. The topological polar surface area (TPSA) is 22.1 Å². The first-order valence-electron chi connectivity index (χ1n) is 4.76. The Labute approximate surface area is 85.6 Å². The predicted molar refractivity (Wildman–Crippen MR) is 58.7 cm³/mol. The third kappa shape index (κ3) is 2.87. The molecule has 1 heterocycles. The van der Waals surface area contributed by atoms with Crippen LogP contribution in [0.25, 0.3) is 0 Å². The molecule has 0 fully saturated rings. The largest absolute Gasteiger partial charge is 0.481 e. The minimum atomic E-state index is 0.684. The summed E-state index contributed by atoms with van der Waals surface area (Å²) in [6, 6.07) is 1.97. The van der Waals surface area contributed by atoms with Crippen LogP contribution in [0.3, 0.4) is 0 Å². The first kappa shape index (κ1) is 10.8. The van der Waals surface area contributed by atoms with Crippen molar-refractivity contribution in [3.63, 3.8) is 0 Å². The number of hydrogen-bond acceptors (Lipinski definition) is 2. The van der Waals surface area contributed by atoms with Crippen LogP contribution in [-0.4, -0.2) is 12.1 Å². The fourth-order valence-electron chi connectivity index (χ4n) is 1.20. The summed E-state index contributed by atoms with van der Waals surface area (Å²) in [4.78, 5) is 4.18. The Hall–Kier alpha value is -1.31. The predicted octanol–water partition coefficient (Wildman–Crippen LogP) is 2.91. The molecule has 0 bridgehead atoms. The monoisotopic (exact) mass is 191 g/mol. The molecule has 76 valence electrons. The number of hydrogen-bond donors (Lipinski definition) is 0. The summed E-state index contributed by atoms with van der Waals surface area (Å²) >= 11 is 0. The van der Waals surface area contributed by atoms with Gasteiger partial charge in [-0.3, -0.25) is 0 Å². The van der Waals surface area contributed by atoms with Gasteiger partial charge in [-0.2, -0.15) is 0 Å². The summed E-state index contributed by atoms with van der Waals surface area (Å²) in [5.74, 6) is 0.684. The molecule has 0 radical (unpaired) electrons. The second-order valence-corrected chi connectivity index (χ2v) is 3.64. The van der Waals surface area contributed by atoms with E-state index >= 15 is 0 Å². The van der Waals surface area contributed by atoms with E-state index < -0.39 is 0 Å². The molecule has 2 nitrogen and oxygen atoms in total. The van der Waals surface area contributed by atoms with E-state index in [9.17, 15) is 0 Å². The Morgan fingerprint density at radius 1 is 1.50 bits per heavy atom. The standard InChI is InChI=1S/C12H17NO/c1-9(2)5-6-11-8-13-12(14-4)7-10(11)3/h5,7-8H,6H2,1-4H3. The molecular formula is C12H17NO. The lowest BCUT2D eigenvalue weighted by Crippen LogP contribution is -1.93. The van der Waals surface area contributed by atoms with Gasteiger partial charge < -0.3 is 4.74 Å². The van der Waals surface area contributed by atoms with Gasteiger partial charge in [0.05, 0.1) is 7.11 Å². The van der Waals surface area contributed by atoms with Crippen LogP contribution >= 0.6 is 0 Å². The normalized spacial score (nSPS) is 9.71. The molecule has 0 unspecified atom stereocenters. The van der Waals surface area contributed by atoms with Gasteiger partial charge in [0.25, 0.3) is 0 Å². The minimum Gasteiger partial charge on any atom is -0.481 e. The summed E-state index contributed by atoms with van der Waals surface area (Å²) in [5.41, 5.74) is 3.82. The lowest BCUT2D eigenvalue weighted by molar-refractivity contribution is 0.397. The van der Waals surface area contributed by atoms with E-state index in [0.717, 1.165) is 6.42 Å². The number of allylic oxidation sites excluding steroid dienone is 2. The minimum absolute atomic E-state index is 0.684. The van der Waals surface area contributed by atoms with Gasteiger partial charge in [0.1, 0.15) is 0 Å². The zero-order chi connectivity index (χ0) is 10.6. The maximum atomic E-state index is 5.05. The number of ether oxygens (including phenoxy) is 1. The van der Waals surface area contributed by atoms with Crippen molar-refractivity contribution in [1.82, 2.24) is 4.98 Å². The molecule has 0 aliphatic rings. The summed E-state index contributed by atoms with van der Waals surface area (Å²) in [6.07, 6.45) is 5.04. The number of pyridine rings is 1. The summed E-state index contributed by atoms with van der Waals surface area (Å²) in [5, 5.41) is 0. The van der Waals surface area contributed by atoms with Crippen molar-refractivity contribution in [2.75, 3.05) is 7.11 Å². The maximum Gasteiger partial charge on any atom is 0.213 e. The van der Waals surface area contributed by atoms with E-state index in [1.807, 2.05) is 12.3 Å². The van der Waals surface area contributed by atoms with Crippen molar-refractivity contribution in [3.05, 3.63) is 35.0 Å². The average Bonchev–Trinajstić information content (AvgIpc) is 2.15. The van der Waals surface area contributed by atoms with Crippen molar-refractivity contribution in [2.24, 2.45) is 0 Å². The molecule has 1 rings (SSSR count). The number of nitrogens with zero attached hydrogens (tertiary/aromatic N) is 1. The molecule has 2 heteroatoms. The third-order valence-electron chi connectivity index (χ3n) is 2.13. The van der Waals surface area contributed by atoms with Crippen molar-refractivity contribution in [1.29, 1.82) is 0 Å². The van der Waals surface area contributed by atoms with Crippen LogP contribution in [0, 0.1) is 6.92 Å². The fraction of sp³-hybridized carbons (Fsp3) is 0.417. The zero-order valence-corrected chi connectivity index (χ0v) is 9.29. The van der Waals surface area contributed by atoms with Crippen molar-refractivity contribution >= 4 is 0 Å². The van der Waals surface area contributed by atoms with E-state index in [4.69, 9.17) is 4.74 Å². The molecule has 0 saturated heterocycles. The Bertz CT molecular complexity index is 338. The average molecular weight is 191 g/mol. The van der Waals surface area contributed by atoms with Gasteiger partial charge >= 0.3 is 0 Å². The van der Waals surface area contributed by atoms with Crippen LogP contribution in [0.4, 0.5) is 0 Å². The molecule has 0 saturated carbocycles. The second-order valence-electron chi connectivity index (χ2n) is 3.64. The molecule has 0 aliphatic heterocycles. The third-order valence-corrected chi connectivity index (χ3v) is 2.13. The molecule has 0 spiro atoms. The van der Waals surface area contributed by atoms with Crippen LogP contribution in [0.2, 0.25) is 0 Å².